The number of alkyl halides is 3. The van der Waals surface area contributed by atoms with Gasteiger partial charge in [-0.1, -0.05) is 32.9 Å². The highest BCUT2D eigenvalue weighted by molar-refractivity contribution is 5.81. The maximum Gasteiger partial charge on any atom is 0.416 e. The van der Waals surface area contributed by atoms with Gasteiger partial charge in [0.15, 0.2) is 0 Å². The van der Waals surface area contributed by atoms with Crippen LogP contribution in [-0.4, -0.2) is 23.9 Å². The Morgan fingerprint density at radius 2 is 1.76 bits per heavy atom. The van der Waals surface area contributed by atoms with E-state index in [0.29, 0.717) is 12.1 Å². The fourth-order valence-corrected chi connectivity index (χ4v) is 2.38. The van der Waals surface area contributed by atoms with E-state index < -0.39 is 11.7 Å². The molecule has 0 radical (unpaired) electrons. The first-order chi connectivity index (χ1) is 9.58. The molecule has 0 bridgehead atoms. The standard InChI is InChI=1S/C15H19F3N2O/c1-14(2,3)9-20-12(21)8-19-13(20)10-4-6-11(7-5-10)15(16,17)18/h4-7,13,19H,8-9H2,1-3H3. The number of rotatable bonds is 2. The van der Waals surface area contributed by atoms with Gasteiger partial charge < -0.3 is 4.90 Å². The number of nitrogens with one attached hydrogen (secondary N) is 1. The molecule has 1 heterocycles. The van der Waals surface area contributed by atoms with Gasteiger partial charge >= 0.3 is 6.18 Å². The minimum atomic E-state index is -4.34. The first-order valence-electron chi connectivity index (χ1n) is 6.78. The molecular weight excluding hydrogens is 281 g/mol. The highest BCUT2D eigenvalue weighted by atomic mass is 19.4. The molecule has 0 spiro atoms. The number of carbonyl (C=O) groups is 1. The molecule has 0 saturated carbocycles. The number of halogens is 3. The van der Waals surface area contributed by atoms with Crippen molar-refractivity contribution < 1.29 is 18.0 Å². The molecule has 2 rings (SSSR count). The number of benzene rings is 1. The molecular formula is C15H19F3N2O. The van der Waals surface area contributed by atoms with Gasteiger partial charge in [0, 0.05) is 6.54 Å². The van der Waals surface area contributed by atoms with Crippen LogP contribution in [0.15, 0.2) is 24.3 Å². The van der Waals surface area contributed by atoms with Gasteiger partial charge in [-0.2, -0.15) is 13.2 Å². The SMILES string of the molecule is CC(C)(C)CN1C(=O)CNC1c1ccc(C(F)(F)F)cc1. The van der Waals surface area contributed by atoms with Crippen LogP contribution in [0.3, 0.4) is 0 Å². The molecule has 0 aliphatic carbocycles. The average Bonchev–Trinajstić information content (AvgIpc) is 2.68. The lowest BCUT2D eigenvalue weighted by Gasteiger charge is -2.31. The molecule has 1 aliphatic rings. The van der Waals surface area contributed by atoms with Crippen LogP contribution in [0.2, 0.25) is 0 Å². The van der Waals surface area contributed by atoms with Gasteiger partial charge in [0.25, 0.3) is 0 Å². The molecule has 21 heavy (non-hydrogen) atoms. The Kier molecular flexibility index (Phi) is 4.02. The fourth-order valence-electron chi connectivity index (χ4n) is 2.38. The monoisotopic (exact) mass is 300 g/mol. The summed E-state index contributed by atoms with van der Waals surface area (Å²) >= 11 is 0. The molecule has 1 saturated heterocycles. The maximum atomic E-state index is 12.6. The Bertz CT molecular complexity index is 517. The Labute approximate surface area is 122 Å². The highest BCUT2D eigenvalue weighted by Gasteiger charge is 2.35. The van der Waals surface area contributed by atoms with Crippen molar-refractivity contribution in [2.24, 2.45) is 5.41 Å². The summed E-state index contributed by atoms with van der Waals surface area (Å²) in [4.78, 5) is 13.6. The summed E-state index contributed by atoms with van der Waals surface area (Å²) in [6, 6.07) is 4.95. The summed E-state index contributed by atoms with van der Waals surface area (Å²) in [6.07, 6.45) is -4.71. The van der Waals surface area contributed by atoms with E-state index in [0.717, 1.165) is 12.1 Å². The summed E-state index contributed by atoms with van der Waals surface area (Å²) in [5.74, 6) is -0.0326. The molecule has 1 fully saturated rings. The summed E-state index contributed by atoms with van der Waals surface area (Å²) in [5, 5.41) is 3.05. The van der Waals surface area contributed by atoms with E-state index in [1.54, 1.807) is 4.90 Å². The minimum absolute atomic E-state index is 0.0326. The summed E-state index contributed by atoms with van der Waals surface area (Å²) < 4.78 is 37.7. The molecule has 1 aliphatic heterocycles. The van der Waals surface area contributed by atoms with Crippen molar-refractivity contribution >= 4 is 5.91 Å². The van der Waals surface area contributed by atoms with Crippen LogP contribution in [0.25, 0.3) is 0 Å². The van der Waals surface area contributed by atoms with Gasteiger partial charge in [-0.15, -0.1) is 0 Å². The normalized spacial score (nSPS) is 20.2. The van der Waals surface area contributed by atoms with E-state index in [1.807, 2.05) is 20.8 Å². The van der Waals surface area contributed by atoms with E-state index in [-0.39, 0.29) is 24.0 Å². The minimum Gasteiger partial charge on any atom is -0.321 e. The maximum absolute atomic E-state index is 12.6. The quantitative estimate of drug-likeness (QED) is 0.910. The summed E-state index contributed by atoms with van der Waals surface area (Å²) in [6.45, 7) is 6.81. The second kappa shape index (κ2) is 5.33. The van der Waals surface area contributed by atoms with Gasteiger partial charge in [-0.3, -0.25) is 10.1 Å². The topological polar surface area (TPSA) is 32.3 Å². The van der Waals surface area contributed by atoms with Crippen molar-refractivity contribution in [2.75, 3.05) is 13.1 Å². The van der Waals surface area contributed by atoms with E-state index in [9.17, 15) is 18.0 Å². The van der Waals surface area contributed by atoms with Crippen LogP contribution in [0.4, 0.5) is 13.2 Å². The van der Waals surface area contributed by atoms with Gasteiger partial charge in [-0.25, -0.2) is 0 Å². The molecule has 1 amide bonds. The lowest BCUT2D eigenvalue weighted by Crippen LogP contribution is -2.37. The van der Waals surface area contributed by atoms with Crippen LogP contribution < -0.4 is 5.32 Å². The largest absolute Gasteiger partial charge is 0.416 e. The van der Waals surface area contributed by atoms with E-state index in [1.165, 1.54) is 12.1 Å². The van der Waals surface area contributed by atoms with E-state index >= 15 is 0 Å². The fraction of sp³-hybridized carbons (Fsp3) is 0.533. The van der Waals surface area contributed by atoms with Crippen LogP contribution in [0.5, 0.6) is 0 Å². The predicted octanol–water partition coefficient (Wildman–Crippen LogP) is 3.18. The van der Waals surface area contributed by atoms with Gasteiger partial charge in [0.2, 0.25) is 5.91 Å². The number of hydrogen-bond acceptors (Lipinski definition) is 2. The Morgan fingerprint density at radius 3 is 2.24 bits per heavy atom. The third kappa shape index (κ3) is 3.75. The average molecular weight is 300 g/mol. The molecule has 6 heteroatoms. The molecule has 1 aromatic rings. The van der Waals surface area contributed by atoms with Gasteiger partial charge in [0.05, 0.1) is 12.1 Å². The van der Waals surface area contributed by atoms with Crippen molar-refractivity contribution in [3.8, 4) is 0 Å². The summed E-state index contributed by atoms with van der Waals surface area (Å²) in [5.41, 5.74) is -0.0951. The van der Waals surface area contributed by atoms with Crippen LogP contribution in [-0.2, 0) is 11.0 Å². The molecule has 1 atom stereocenters. The van der Waals surface area contributed by atoms with Gasteiger partial charge in [0.1, 0.15) is 6.17 Å². The van der Waals surface area contributed by atoms with Crippen molar-refractivity contribution in [3.63, 3.8) is 0 Å². The number of hydrogen-bond donors (Lipinski definition) is 1. The van der Waals surface area contributed by atoms with Crippen LogP contribution in [0.1, 0.15) is 38.1 Å². The second-order valence-electron chi connectivity index (χ2n) is 6.49. The molecule has 116 valence electrons. The summed E-state index contributed by atoms with van der Waals surface area (Å²) in [7, 11) is 0. The Balaban J connectivity index is 2.22. The van der Waals surface area contributed by atoms with Crippen LogP contribution in [0, 0.1) is 5.41 Å². The molecule has 1 N–H and O–H groups in total. The lowest BCUT2D eigenvalue weighted by atomic mass is 9.95. The van der Waals surface area contributed by atoms with E-state index in [4.69, 9.17) is 0 Å². The first kappa shape index (κ1) is 15.8. The highest BCUT2D eigenvalue weighted by Crippen LogP contribution is 2.32. The lowest BCUT2D eigenvalue weighted by molar-refractivity contribution is -0.137. The molecule has 0 aromatic heterocycles. The van der Waals surface area contributed by atoms with Crippen LogP contribution >= 0.6 is 0 Å². The van der Waals surface area contributed by atoms with Crippen molar-refractivity contribution in [3.05, 3.63) is 35.4 Å². The molecule has 1 aromatic carbocycles. The third-order valence-corrected chi connectivity index (χ3v) is 3.28. The molecule has 1 unspecified atom stereocenters. The van der Waals surface area contributed by atoms with Crippen molar-refractivity contribution in [1.82, 2.24) is 10.2 Å². The third-order valence-electron chi connectivity index (χ3n) is 3.28. The number of carbonyl (C=O) groups excluding carboxylic acids is 1. The van der Waals surface area contributed by atoms with Gasteiger partial charge in [-0.05, 0) is 23.1 Å². The zero-order valence-electron chi connectivity index (χ0n) is 12.3. The zero-order chi connectivity index (χ0) is 15.8. The Morgan fingerprint density at radius 1 is 1.19 bits per heavy atom. The smallest absolute Gasteiger partial charge is 0.321 e. The number of nitrogens with zero attached hydrogens (tertiary/aromatic N) is 1. The predicted molar refractivity (Wildman–Crippen MR) is 73.4 cm³/mol. The number of amides is 1. The second-order valence-corrected chi connectivity index (χ2v) is 6.49. The first-order valence-corrected chi connectivity index (χ1v) is 6.78. The van der Waals surface area contributed by atoms with Crippen molar-refractivity contribution in [1.29, 1.82) is 0 Å². The zero-order valence-corrected chi connectivity index (χ0v) is 12.3. The Hall–Kier alpha value is -1.56. The van der Waals surface area contributed by atoms with E-state index in [2.05, 4.69) is 5.32 Å². The van der Waals surface area contributed by atoms with Crippen molar-refractivity contribution in [2.45, 2.75) is 33.1 Å². The molecule has 3 nitrogen and oxygen atoms in total.